The van der Waals surface area contributed by atoms with Crippen LogP contribution in [0.15, 0.2) is 35.7 Å². The first-order valence-corrected chi connectivity index (χ1v) is 8.27. The van der Waals surface area contributed by atoms with Crippen molar-refractivity contribution in [1.82, 2.24) is 4.98 Å². The van der Waals surface area contributed by atoms with E-state index < -0.39 is 6.04 Å². The first-order valence-electron chi connectivity index (χ1n) is 7.39. The maximum absolute atomic E-state index is 12.2. The molecule has 1 unspecified atom stereocenters. The Bertz CT molecular complexity index is 623. The average molecular weight is 317 g/mol. The van der Waals surface area contributed by atoms with Gasteiger partial charge in [0.1, 0.15) is 0 Å². The van der Waals surface area contributed by atoms with Gasteiger partial charge in [-0.25, -0.2) is 4.98 Å². The fourth-order valence-electron chi connectivity index (χ4n) is 2.55. The van der Waals surface area contributed by atoms with E-state index in [1.807, 2.05) is 35.7 Å². The number of carbonyl (C=O) groups excluding carboxylic acids is 1. The van der Waals surface area contributed by atoms with Crippen molar-refractivity contribution in [3.05, 3.63) is 35.7 Å². The van der Waals surface area contributed by atoms with Gasteiger partial charge >= 0.3 is 0 Å². The molecule has 1 amide bonds. The quantitative estimate of drug-likeness (QED) is 0.908. The Balaban J connectivity index is 1.63. The third-order valence-corrected chi connectivity index (χ3v) is 4.64. The van der Waals surface area contributed by atoms with Gasteiger partial charge in [-0.05, 0) is 18.8 Å². The summed E-state index contributed by atoms with van der Waals surface area (Å²) < 4.78 is 5.30. The van der Waals surface area contributed by atoms with Gasteiger partial charge in [-0.15, -0.1) is 11.3 Å². The van der Waals surface area contributed by atoms with Gasteiger partial charge in [0.05, 0.1) is 11.7 Å². The minimum Gasteiger partial charge on any atom is -0.381 e. The maximum Gasteiger partial charge on any atom is 0.243 e. The number of thiazole rings is 1. The molecule has 22 heavy (non-hydrogen) atoms. The molecule has 1 aromatic heterocycles. The average Bonchev–Trinajstić information content (AvgIpc) is 3.04. The monoisotopic (exact) mass is 317 g/mol. The summed E-state index contributed by atoms with van der Waals surface area (Å²) in [5, 5.41) is 5.36. The predicted octanol–water partition coefficient (Wildman–Crippen LogP) is 2.50. The third kappa shape index (κ3) is 3.52. The zero-order valence-corrected chi connectivity index (χ0v) is 13.0. The van der Waals surface area contributed by atoms with E-state index in [0.29, 0.717) is 18.3 Å². The summed E-state index contributed by atoms with van der Waals surface area (Å²) in [6, 6.07) is 9.38. The van der Waals surface area contributed by atoms with Crippen molar-refractivity contribution in [2.45, 2.75) is 18.9 Å². The third-order valence-electron chi connectivity index (χ3n) is 3.88. The molecule has 0 bridgehead atoms. The van der Waals surface area contributed by atoms with E-state index in [0.717, 1.165) is 24.1 Å². The van der Waals surface area contributed by atoms with Crippen molar-refractivity contribution >= 4 is 22.4 Å². The first kappa shape index (κ1) is 15.1. The molecule has 3 rings (SSSR count). The van der Waals surface area contributed by atoms with E-state index >= 15 is 0 Å². The van der Waals surface area contributed by atoms with Gasteiger partial charge in [-0.3, -0.25) is 4.79 Å². The van der Waals surface area contributed by atoms with Gasteiger partial charge in [-0.2, -0.15) is 0 Å². The van der Waals surface area contributed by atoms with Crippen LogP contribution in [0.4, 0.5) is 5.13 Å². The number of carbonyl (C=O) groups is 1. The van der Waals surface area contributed by atoms with Crippen molar-refractivity contribution in [2.24, 2.45) is 11.7 Å². The zero-order valence-electron chi connectivity index (χ0n) is 12.2. The standard InChI is InChI=1S/C16H19N3O2S/c17-14(12-6-8-21-9-7-12)15(20)19-16-18-13(10-22-16)11-4-2-1-3-5-11/h1-5,10,12,14H,6-9,17H2,(H,18,19,20). The second kappa shape index (κ2) is 7.00. The van der Waals surface area contributed by atoms with Gasteiger partial charge < -0.3 is 15.8 Å². The van der Waals surface area contributed by atoms with Crippen LogP contribution in [-0.4, -0.2) is 30.1 Å². The molecule has 1 saturated heterocycles. The van der Waals surface area contributed by atoms with Gasteiger partial charge in [0, 0.05) is 24.2 Å². The molecule has 1 aliphatic rings. The SMILES string of the molecule is NC(C(=O)Nc1nc(-c2ccccc2)cs1)C1CCOCC1. The number of anilines is 1. The zero-order chi connectivity index (χ0) is 15.4. The second-order valence-corrected chi connectivity index (χ2v) is 6.23. The lowest BCUT2D eigenvalue weighted by Crippen LogP contribution is -2.43. The molecule has 6 heteroatoms. The number of hydrogen-bond donors (Lipinski definition) is 2. The molecule has 2 heterocycles. The molecule has 5 nitrogen and oxygen atoms in total. The number of amides is 1. The number of hydrogen-bond acceptors (Lipinski definition) is 5. The van der Waals surface area contributed by atoms with E-state index in [-0.39, 0.29) is 11.8 Å². The van der Waals surface area contributed by atoms with Gasteiger partial charge in [0.25, 0.3) is 0 Å². The Kier molecular flexibility index (Phi) is 4.82. The molecule has 0 spiro atoms. The summed E-state index contributed by atoms with van der Waals surface area (Å²) >= 11 is 1.41. The maximum atomic E-state index is 12.2. The van der Waals surface area contributed by atoms with Crippen molar-refractivity contribution in [2.75, 3.05) is 18.5 Å². The molecule has 1 aromatic carbocycles. The highest BCUT2D eigenvalue weighted by molar-refractivity contribution is 7.14. The molecule has 1 fully saturated rings. The van der Waals surface area contributed by atoms with E-state index in [1.54, 1.807) is 0 Å². The van der Waals surface area contributed by atoms with Gasteiger partial charge in [-0.1, -0.05) is 30.3 Å². The Labute approximate surface area is 133 Å². The van der Waals surface area contributed by atoms with Crippen molar-refractivity contribution < 1.29 is 9.53 Å². The number of aromatic nitrogens is 1. The number of benzene rings is 1. The van der Waals surface area contributed by atoms with Crippen LogP contribution in [0.1, 0.15) is 12.8 Å². The van der Waals surface area contributed by atoms with Gasteiger partial charge in [0.15, 0.2) is 5.13 Å². The smallest absolute Gasteiger partial charge is 0.243 e. The molecular weight excluding hydrogens is 298 g/mol. The highest BCUT2D eigenvalue weighted by Gasteiger charge is 2.27. The van der Waals surface area contributed by atoms with E-state index in [1.165, 1.54) is 11.3 Å². The summed E-state index contributed by atoms with van der Waals surface area (Å²) in [5.74, 6) is 0.0168. The van der Waals surface area contributed by atoms with Crippen LogP contribution >= 0.6 is 11.3 Å². The largest absolute Gasteiger partial charge is 0.381 e. The lowest BCUT2D eigenvalue weighted by molar-refractivity contribution is -0.119. The summed E-state index contributed by atoms with van der Waals surface area (Å²) in [4.78, 5) is 16.7. The molecule has 0 aliphatic carbocycles. The Morgan fingerprint density at radius 3 is 2.77 bits per heavy atom. The lowest BCUT2D eigenvalue weighted by Gasteiger charge is -2.26. The van der Waals surface area contributed by atoms with Crippen molar-refractivity contribution in [3.8, 4) is 11.3 Å². The van der Waals surface area contributed by atoms with Gasteiger partial charge in [0.2, 0.25) is 5.91 Å². The molecule has 0 radical (unpaired) electrons. The molecular formula is C16H19N3O2S. The highest BCUT2D eigenvalue weighted by Crippen LogP contribution is 2.25. The molecule has 3 N–H and O–H groups in total. The number of rotatable bonds is 4. The van der Waals surface area contributed by atoms with Crippen LogP contribution in [0.3, 0.4) is 0 Å². The fourth-order valence-corrected chi connectivity index (χ4v) is 3.27. The summed E-state index contributed by atoms with van der Waals surface area (Å²) in [6.45, 7) is 1.36. The number of nitrogens with zero attached hydrogens (tertiary/aromatic N) is 1. The molecule has 2 aromatic rings. The van der Waals surface area contributed by atoms with Crippen LogP contribution in [-0.2, 0) is 9.53 Å². The first-order chi connectivity index (χ1) is 10.7. The second-order valence-electron chi connectivity index (χ2n) is 5.37. The normalized spacial score (nSPS) is 17.1. The molecule has 116 valence electrons. The van der Waals surface area contributed by atoms with E-state index in [9.17, 15) is 4.79 Å². The number of ether oxygens (including phenoxy) is 1. The van der Waals surface area contributed by atoms with Crippen LogP contribution in [0, 0.1) is 5.92 Å². The van der Waals surface area contributed by atoms with Crippen LogP contribution in [0.2, 0.25) is 0 Å². The molecule has 1 atom stereocenters. The van der Waals surface area contributed by atoms with Crippen LogP contribution in [0.5, 0.6) is 0 Å². The highest BCUT2D eigenvalue weighted by atomic mass is 32.1. The van der Waals surface area contributed by atoms with Crippen molar-refractivity contribution in [1.29, 1.82) is 0 Å². The van der Waals surface area contributed by atoms with E-state index in [2.05, 4.69) is 10.3 Å². The lowest BCUT2D eigenvalue weighted by atomic mass is 9.92. The molecule has 0 saturated carbocycles. The summed E-state index contributed by atoms with van der Waals surface area (Å²) in [5.41, 5.74) is 7.96. The topological polar surface area (TPSA) is 77.2 Å². The van der Waals surface area contributed by atoms with E-state index in [4.69, 9.17) is 10.5 Å². The van der Waals surface area contributed by atoms with Crippen molar-refractivity contribution in [3.63, 3.8) is 0 Å². The molecule has 1 aliphatic heterocycles. The fraction of sp³-hybridized carbons (Fsp3) is 0.375. The predicted molar refractivity (Wildman–Crippen MR) is 87.7 cm³/mol. The summed E-state index contributed by atoms with van der Waals surface area (Å²) in [7, 11) is 0. The number of nitrogens with one attached hydrogen (secondary N) is 1. The summed E-state index contributed by atoms with van der Waals surface area (Å²) in [6.07, 6.45) is 1.67. The minimum absolute atomic E-state index is 0.166. The number of nitrogens with two attached hydrogens (primary N) is 1. The minimum atomic E-state index is -0.507. The Morgan fingerprint density at radius 2 is 2.05 bits per heavy atom. The van der Waals surface area contributed by atoms with Crippen LogP contribution < -0.4 is 11.1 Å². The Hall–Kier alpha value is -1.76. The van der Waals surface area contributed by atoms with Crippen LogP contribution in [0.25, 0.3) is 11.3 Å². The Morgan fingerprint density at radius 1 is 1.32 bits per heavy atom.